The van der Waals surface area contributed by atoms with Crippen molar-refractivity contribution in [1.82, 2.24) is 4.90 Å². The molecule has 6 heteroatoms. The number of methoxy groups -OCH3 is 1. The van der Waals surface area contributed by atoms with Gasteiger partial charge < -0.3 is 19.5 Å². The molecule has 1 aromatic rings. The number of likely N-dealkylation sites (N-methyl/N-ethyl adjacent to an activating group) is 1. The minimum Gasteiger partial charge on any atom is -0.508 e. The van der Waals surface area contributed by atoms with Crippen LogP contribution in [0.5, 0.6) is 5.75 Å². The van der Waals surface area contributed by atoms with Crippen molar-refractivity contribution in [3.63, 3.8) is 0 Å². The first-order chi connectivity index (χ1) is 13.5. The topological polar surface area (TPSA) is 62.2 Å². The second kappa shape index (κ2) is 4.92. The van der Waals surface area contributed by atoms with Crippen molar-refractivity contribution in [2.45, 2.75) is 36.9 Å². The molecule has 28 heavy (non-hydrogen) atoms. The van der Waals surface area contributed by atoms with Crippen LogP contribution >= 0.6 is 0 Å². The van der Waals surface area contributed by atoms with Crippen LogP contribution in [0.1, 0.15) is 25.3 Å². The van der Waals surface area contributed by atoms with Gasteiger partial charge in [0.15, 0.2) is 5.72 Å². The zero-order valence-electron chi connectivity index (χ0n) is 16.6. The maximum atomic E-state index is 13.6. The second-order valence-electron chi connectivity index (χ2n) is 9.00. The lowest BCUT2D eigenvalue weighted by molar-refractivity contribution is -0.184. The zero-order chi connectivity index (χ0) is 19.5. The number of ether oxygens (including phenoxy) is 2. The van der Waals surface area contributed by atoms with E-state index in [1.807, 2.05) is 12.1 Å². The Balaban J connectivity index is 1.75. The lowest BCUT2D eigenvalue weighted by atomic mass is 9.43. The fourth-order valence-corrected chi connectivity index (χ4v) is 7.78. The van der Waals surface area contributed by atoms with Crippen LogP contribution in [0.25, 0.3) is 0 Å². The molecule has 3 saturated heterocycles. The lowest BCUT2D eigenvalue weighted by Gasteiger charge is -2.66. The summed E-state index contributed by atoms with van der Waals surface area (Å²) in [6.07, 6.45) is 3.92. The Hall–Kier alpha value is -2.05. The highest BCUT2D eigenvalue weighted by atomic mass is 16.6. The number of aromatic hydroxyl groups is 1. The van der Waals surface area contributed by atoms with Crippen LogP contribution in [-0.4, -0.2) is 61.6 Å². The van der Waals surface area contributed by atoms with Gasteiger partial charge in [-0.15, -0.1) is 0 Å². The monoisotopic (exact) mass is 382 g/mol. The van der Waals surface area contributed by atoms with Crippen molar-refractivity contribution in [3.8, 4) is 5.75 Å². The normalized spacial score (nSPS) is 44.0. The van der Waals surface area contributed by atoms with E-state index in [1.165, 1.54) is 12.7 Å². The number of carbonyl (C=O) groups is 1. The van der Waals surface area contributed by atoms with E-state index in [1.54, 1.807) is 6.07 Å². The van der Waals surface area contributed by atoms with Crippen LogP contribution < -0.4 is 4.90 Å². The molecule has 1 aromatic carbocycles. The molecule has 4 fully saturated rings. The maximum Gasteiger partial charge on any atom is 0.315 e. The van der Waals surface area contributed by atoms with Gasteiger partial charge >= 0.3 is 5.97 Å². The second-order valence-corrected chi connectivity index (χ2v) is 9.00. The van der Waals surface area contributed by atoms with E-state index in [4.69, 9.17) is 9.47 Å². The molecule has 6 nitrogen and oxygen atoms in total. The molecule has 5 atom stereocenters. The molecule has 148 valence electrons. The first kappa shape index (κ1) is 16.9. The van der Waals surface area contributed by atoms with Gasteiger partial charge in [-0.25, -0.2) is 0 Å². The first-order valence-corrected chi connectivity index (χ1v) is 10.2. The average molecular weight is 382 g/mol. The van der Waals surface area contributed by atoms with Crippen LogP contribution in [0.4, 0.5) is 5.69 Å². The number of rotatable bonds is 1. The maximum absolute atomic E-state index is 13.6. The predicted octanol–water partition coefficient (Wildman–Crippen LogP) is 2.02. The number of esters is 1. The van der Waals surface area contributed by atoms with Gasteiger partial charge in [-0.3, -0.25) is 9.69 Å². The molecular formula is C22H26N2O4. The number of nitrogens with zero attached hydrogens (tertiary/aromatic N) is 2. The van der Waals surface area contributed by atoms with Gasteiger partial charge in [0.25, 0.3) is 0 Å². The smallest absolute Gasteiger partial charge is 0.315 e. The largest absolute Gasteiger partial charge is 0.508 e. The number of hydrogen-bond donors (Lipinski definition) is 1. The van der Waals surface area contributed by atoms with Crippen LogP contribution in [0, 0.1) is 11.3 Å². The summed E-state index contributed by atoms with van der Waals surface area (Å²) < 4.78 is 12.2. The van der Waals surface area contributed by atoms with E-state index in [0.29, 0.717) is 6.61 Å². The number of benzene rings is 1. The number of carbonyl (C=O) groups excluding carboxylic acids is 1. The lowest BCUT2D eigenvalue weighted by Crippen LogP contribution is -2.80. The molecule has 1 aliphatic carbocycles. The van der Waals surface area contributed by atoms with Gasteiger partial charge in [0, 0.05) is 31.7 Å². The van der Waals surface area contributed by atoms with Crippen molar-refractivity contribution >= 4 is 11.7 Å². The van der Waals surface area contributed by atoms with Crippen LogP contribution in [0.15, 0.2) is 29.8 Å². The van der Waals surface area contributed by atoms with E-state index in [0.717, 1.165) is 37.2 Å². The summed E-state index contributed by atoms with van der Waals surface area (Å²) >= 11 is 0. The first-order valence-electron chi connectivity index (χ1n) is 10.2. The van der Waals surface area contributed by atoms with Crippen LogP contribution in [0.2, 0.25) is 0 Å². The van der Waals surface area contributed by atoms with Crippen LogP contribution in [-0.2, 0) is 19.7 Å². The molecule has 4 heterocycles. The molecule has 5 bridgehead atoms. The summed E-state index contributed by atoms with van der Waals surface area (Å²) in [6, 6.07) is 5.79. The quantitative estimate of drug-likeness (QED) is 0.592. The third-order valence-corrected chi connectivity index (χ3v) is 8.67. The molecule has 1 N–H and O–H groups in total. The van der Waals surface area contributed by atoms with E-state index in [-0.39, 0.29) is 23.7 Å². The summed E-state index contributed by atoms with van der Waals surface area (Å²) in [5.41, 5.74) is 1.54. The van der Waals surface area contributed by atoms with Crippen molar-refractivity contribution in [3.05, 3.63) is 35.4 Å². The molecule has 0 radical (unpaired) electrons. The fraction of sp³-hybridized carbons (Fsp3) is 0.591. The van der Waals surface area contributed by atoms with Gasteiger partial charge in [0.1, 0.15) is 11.2 Å². The summed E-state index contributed by atoms with van der Waals surface area (Å²) in [5, 5.41) is 10.4. The molecule has 6 rings (SSSR count). The van der Waals surface area contributed by atoms with Crippen molar-refractivity contribution in [2.24, 2.45) is 11.3 Å². The van der Waals surface area contributed by atoms with E-state index in [9.17, 15) is 9.90 Å². The van der Waals surface area contributed by atoms with Gasteiger partial charge in [0.05, 0.1) is 25.2 Å². The average Bonchev–Trinajstić information content (AvgIpc) is 3.08. The van der Waals surface area contributed by atoms with Crippen molar-refractivity contribution in [2.75, 3.05) is 38.8 Å². The standard InChI is InChI=1S/C22H26N2O4/c1-4-13-11-24-8-7-21-16-9-14(25)5-6-17(16)23(2)22(21)18(24)10-15(13)20(21,12-28-22)19(26)27-3/h4-6,9,15,18,25H,7-8,10-12H2,1-3H3/b13-4-/t15-,18?,20-,21-,22+/m0/s1. The van der Waals surface area contributed by atoms with E-state index < -0.39 is 16.6 Å². The Morgan fingerprint density at radius 3 is 3.00 bits per heavy atom. The summed E-state index contributed by atoms with van der Waals surface area (Å²) in [5.74, 6) is 0.170. The Morgan fingerprint density at radius 2 is 2.25 bits per heavy atom. The third-order valence-electron chi connectivity index (χ3n) is 8.67. The molecular weight excluding hydrogens is 356 g/mol. The number of hydrogen-bond acceptors (Lipinski definition) is 6. The fourth-order valence-electron chi connectivity index (χ4n) is 7.78. The molecule has 1 saturated carbocycles. The minimum absolute atomic E-state index is 0.101. The number of phenolic OH excluding ortho intramolecular Hbond substituents is 1. The Bertz CT molecular complexity index is 944. The molecule has 0 aromatic heterocycles. The molecule has 0 amide bonds. The van der Waals surface area contributed by atoms with E-state index in [2.05, 4.69) is 29.8 Å². The summed E-state index contributed by atoms with van der Waals surface area (Å²) in [4.78, 5) is 18.4. The molecule has 5 aliphatic rings. The molecule has 1 unspecified atom stereocenters. The summed E-state index contributed by atoms with van der Waals surface area (Å²) in [6.45, 7) is 4.25. The number of phenols is 1. The van der Waals surface area contributed by atoms with Crippen molar-refractivity contribution in [1.29, 1.82) is 0 Å². The minimum atomic E-state index is -0.764. The van der Waals surface area contributed by atoms with Gasteiger partial charge in [-0.2, -0.15) is 0 Å². The van der Waals surface area contributed by atoms with E-state index >= 15 is 0 Å². The number of anilines is 1. The third kappa shape index (κ3) is 1.37. The Morgan fingerprint density at radius 1 is 1.43 bits per heavy atom. The Kier molecular flexibility index (Phi) is 2.96. The number of fused-ring (bicyclic) bond motifs is 3. The molecule has 0 spiro atoms. The zero-order valence-corrected chi connectivity index (χ0v) is 16.6. The van der Waals surface area contributed by atoms with Crippen molar-refractivity contribution < 1.29 is 19.4 Å². The van der Waals surface area contributed by atoms with Gasteiger partial charge in [0.2, 0.25) is 0 Å². The Labute approximate surface area is 164 Å². The number of piperidine rings is 2. The van der Waals surface area contributed by atoms with Gasteiger partial charge in [-0.1, -0.05) is 11.6 Å². The highest BCUT2D eigenvalue weighted by Crippen LogP contribution is 2.76. The molecule has 4 aliphatic heterocycles. The predicted molar refractivity (Wildman–Crippen MR) is 103 cm³/mol. The summed E-state index contributed by atoms with van der Waals surface area (Å²) in [7, 11) is 3.58. The highest BCUT2D eigenvalue weighted by Gasteiger charge is 2.86. The highest BCUT2D eigenvalue weighted by molar-refractivity contribution is 5.86. The van der Waals surface area contributed by atoms with Gasteiger partial charge in [-0.05, 0) is 43.5 Å². The number of allylic oxidation sites excluding steroid dienone is 1. The SMILES string of the molecule is C/C=C1/CN2CC[C@@]34c5cc(O)ccc5N(C)[C@]35OC[C@@]4(C(=O)OC)[C@H]1CC25. The van der Waals surface area contributed by atoms with Crippen LogP contribution in [0.3, 0.4) is 0 Å².